The molecule has 0 radical (unpaired) electrons. The predicted octanol–water partition coefficient (Wildman–Crippen LogP) is -1.90. The molecule has 12 nitrogen and oxygen atoms in total. The molecule has 0 fully saturated rings. The first-order valence-electron chi connectivity index (χ1n) is 2.83. The van der Waals surface area contributed by atoms with Crippen molar-refractivity contribution in [3.05, 3.63) is 40.5 Å². The fraction of sp³-hybridized carbons (Fsp3) is 1.00. The zero-order chi connectivity index (χ0) is 11.5. The average molecular weight is 250 g/mol. The van der Waals surface area contributed by atoms with E-state index in [0.717, 1.165) is 0 Å². The van der Waals surface area contributed by atoms with Crippen LogP contribution in [0.2, 0.25) is 0 Å². The Kier molecular flexibility index (Phi) is 7.41. The van der Waals surface area contributed by atoms with Crippen molar-refractivity contribution in [1.29, 1.82) is 0 Å². The molecule has 0 aromatic rings. The van der Waals surface area contributed by atoms with Gasteiger partial charge in [0.25, 0.3) is 0 Å². The predicted molar refractivity (Wildman–Crippen MR) is 42.7 cm³/mol. The number of hydrogen-bond donors (Lipinski definition) is 0. The topological polar surface area (TPSA) is 173 Å². The summed E-state index contributed by atoms with van der Waals surface area (Å²) in [6.45, 7) is 0. The van der Waals surface area contributed by atoms with Gasteiger partial charge in [-0.15, -0.1) is 0 Å². The number of nitro groups is 4. The summed E-state index contributed by atoms with van der Waals surface area (Å²) in [6, 6.07) is 0. The Morgan fingerprint density at radius 1 is 0.600 bits per heavy atom. The van der Waals surface area contributed by atoms with Crippen molar-refractivity contribution >= 4 is 51.4 Å². The average Bonchev–Trinajstić information content (AvgIpc) is 1.96. The summed E-state index contributed by atoms with van der Waals surface area (Å²) in [6.07, 6.45) is -6.17. The van der Waals surface area contributed by atoms with Crippen molar-refractivity contribution in [1.82, 2.24) is 0 Å². The molecule has 0 unspecified atom stereocenters. The van der Waals surface area contributed by atoms with E-state index < -0.39 is 32.0 Å². The molecule has 80 valence electrons. The van der Waals surface area contributed by atoms with Crippen LogP contribution in [0.25, 0.3) is 0 Å². The second-order valence-electron chi connectivity index (χ2n) is 1.97. The standard InChI is InChI=1S/C2H2N4O8.K.H/c7-3(8)1(4(9)10)2(5(11)12)6(13)14;;/h1-2H;;. The van der Waals surface area contributed by atoms with E-state index >= 15 is 0 Å². The van der Waals surface area contributed by atoms with Crippen LogP contribution < -0.4 is 0 Å². The maximum absolute atomic E-state index is 9.95. The van der Waals surface area contributed by atoms with Crippen molar-refractivity contribution in [3.63, 3.8) is 0 Å². The van der Waals surface area contributed by atoms with Gasteiger partial charge in [0.2, 0.25) is 0 Å². The van der Waals surface area contributed by atoms with Gasteiger partial charge in [-0.1, -0.05) is 0 Å². The molecule has 13 heteroatoms. The third-order valence-corrected chi connectivity index (χ3v) is 1.13. The molecule has 0 spiro atoms. The van der Waals surface area contributed by atoms with Crippen molar-refractivity contribution in [2.75, 3.05) is 0 Å². The first-order chi connectivity index (χ1) is 6.29. The van der Waals surface area contributed by atoms with E-state index in [1.807, 2.05) is 0 Å². The first kappa shape index (κ1) is 16.7. The minimum absolute atomic E-state index is 0. The van der Waals surface area contributed by atoms with Gasteiger partial charge < -0.3 is 0 Å². The minimum atomic E-state index is -3.08. The van der Waals surface area contributed by atoms with E-state index in [1.165, 1.54) is 0 Å². The fourth-order valence-corrected chi connectivity index (χ4v) is 0.589. The molecule has 0 aromatic heterocycles. The molecule has 0 saturated heterocycles. The third-order valence-electron chi connectivity index (χ3n) is 1.13. The van der Waals surface area contributed by atoms with E-state index in [9.17, 15) is 40.5 Å². The summed E-state index contributed by atoms with van der Waals surface area (Å²) in [5.41, 5.74) is 0. The molecule has 0 heterocycles. The molecule has 0 aliphatic rings. The van der Waals surface area contributed by atoms with Gasteiger partial charge in [0, 0.05) is 0 Å². The molecule has 0 rings (SSSR count). The zero-order valence-electron chi connectivity index (χ0n) is 6.21. The molecular weight excluding hydrogens is 247 g/mol. The van der Waals surface area contributed by atoms with Gasteiger partial charge in [0.1, 0.15) is 19.7 Å². The van der Waals surface area contributed by atoms with Crippen LogP contribution >= 0.6 is 0 Å². The quantitative estimate of drug-likeness (QED) is 0.235. The number of nitrogens with zero attached hydrogens (tertiary/aromatic N) is 4. The maximum atomic E-state index is 9.95. The molecule has 0 bridgehead atoms. The van der Waals surface area contributed by atoms with Gasteiger partial charge in [-0.2, -0.15) is 0 Å². The van der Waals surface area contributed by atoms with Crippen LogP contribution in [0.1, 0.15) is 0 Å². The van der Waals surface area contributed by atoms with Crippen LogP contribution in [0.4, 0.5) is 0 Å². The SMILES string of the molecule is O=[N+]([O-])C(C([N+](=O)[O-])[N+](=O)[O-])[N+](=O)[O-].[KH]. The Morgan fingerprint density at radius 3 is 0.800 bits per heavy atom. The van der Waals surface area contributed by atoms with Crippen LogP contribution in [0.3, 0.4) is 0 Å². The van der Waals surface area contributed by atoms with Crippen molar-refractivity contribution < 1.29 is 19.7 Å². The second-order valence-corrected chi connectivity index (χ2v) is 1.97. The molecule has 0 atom stereocenters. The number of rotatable bonds is 5. The van der Waals surface area contributed by atoms with Crippen LogP contribution in [0, 0.1) is 40.5 Å². The second kappa shape index (κ2) is 6.67. The summed E-state index contributed by atoms with van der Waals surface area (Å²) in [7, 11) is 0. The van der Waals surface area contributed by atoms with Crippen molar-refractivity contribution in [3.8, 4) is 0 Å². The van der Waals surface area contributed by atoms with Crippen LogP contribution in [-0.2, 0) is 0 Å². The van der Waals surface area contributed by atoms with E-state index in [4.69, 9.17) is 0 Å². The molecule has 15 heavy (non-hydrogen) atoms. The first-order valence-corrected chi connectivity index (χ1v) is 2.83. The van der Waals surface area contributed by atoms with Crippen molar-refractivity contribution in [2.45, 2.75) is 12.3 Å². The Morgan fingerprint density at radius 2 is 0.733 bits per heavy atom. The van der Waals surface area contributed by atoms with Crippen molar-refractivity contribution in [2.24, 2.45) is 0 Å². The Bertz CT molecular complexity index is 245. The molecular formula is C2H3KN4O8. The number of hydrogen-bond acceptors (Lipinski definition) is 8. The Labute approximate surface area is 123 Å². The molecule has 0 amide bonds. The van der Waals surface area contributed by atoms with Crippen LogP contribution in [-0.4, -0.2) is 83.4 Å². The van der Waals surface area contributed by atoms with Crippen LogP contribution in [0.15, 0.2) is 0 Å². The van der Waals surface area contributed by atoms with Gasteiger partial charge in [0.05, 0.1) is 0 Å². The zero-order valence-corrected chi connectivity index (χ0v) is 6.21. The van der Waals surface area contributed by atoms with Gasteiger partial charge in [0.15, 0.2) is 0 Å². The Balaban J connectivity index is 0. The molecule has 0 N–H and O–H groups in total. The summed E-state index contributed by atoms with van der Waals surface area (Å²) in [5, 5.41) is 39.8. The van der Waals surface area contributed by atoms with E-state index in [1.54, 1.807) is 0 Å². The molecule has 0 aromatic carbocycles. The van der Waals surface area contributed by atoms with Gasteiger partial charge in [-0.3, -0.25) is 40.5 Å². The normalized spacial score (nSPS) is 9.47. The molecule has 0 aliphatic heterocycles. The Hall–Kier alpha value is -0.764. The summed E-state index contributed by atoms with van der Waals surface area (Å²) >= 11 is 0. The summed E-state index contributed by atoms with van der Waals surface area (Å²) in [5.74, 6) is 0. The summed E-state index contributed by atoms with van der Waals surface area (Å²) in [4.78, 5) is 33.0. The van der Waals surface area contributed by atoms with Gasteiger partial charge in [-0.25, -0.2) is 0 Å². The van der Waals surface area contributed by atoms with E-state index in [-0.39, 0.29) is 51.4 Å². The summed E-state index contributed by atoms with van der Waals surface area (Å²) < 4.78 is 0. The van der Waals surface area contributed by atoms with Crippen LogP contribution in [0.5, 0.6) is 0 Å². The molecule has 0 saturated carbocycles. The van der Waals surface area contributed by atoms with E-state index in [2.05, 4.69) is 0 Å². The van der Waals surface area contributed by atoms with Gasteiger partial charge >= 0.3 is 63.7 Å². The molecule has 0 aliphatic carbocycles. The van der Waals surface area contributed by atoms with E-state index in [0.29, 0.717) is 0 Å². The monoisotopic (exact) mass is 250 g/mol. The fourth-order valence-electron chi connectivity index (χ4n) is 0.589. The third kappa shape index (κ3) is 4.52. The van der Waals surface area contributed by atoms with Gasteiger partial charge in [-0.05, 0) is 0 Å².